The quantitative estimate of drug-likeness (QED) is 0.886. The maximum atomic E-state index is 6.03. The lowest BCUT2D eigenvalue weighted by atomic mass is 9.89. The van der Waals surface area contributed by atoms with Crippen molar-refractivity contribution in [2.24, 2.45) is 13.0 Å². The van der Waals surface area contributed by atoms with Gasteiger partial charge in [0.05, 0.1) is 11.8 Å². The average Bonchev–Trinajstić information content (AvgIpc) is 3.12. The molecule has 100 valence electrons. The Morgan fingerprint density at radius 1 is 1.44 bits per heavy atom. The molecule has 0 radical (unpaired) electrons. The van der Waals surface area contributed by atoms with Crippen molar-refractivity contribution in [3.05, 3.63) is 17.5 Å². The molecule has 2 atom stereocenters. The van der Waals surface area contributed by atoms with E-state index in [9.17, 15) is 0 Å². The first-order valence-electron chi connectivity index (χ1n) is 7.09. The second-order valence-corrected chi connectivity index (χ2v) is 5.72. The van der Waals surface area contributed by atoms with Crippen molar-refractivity contribution in [2.75, 3.05) is 13.2 Å². The summed E-state index contributed by atoms with van der Waals surface area (Å²) < 4.78 is 7.93. The van der Waals surface area contributed by atoms with Crippen LogP contribution in [0.5, 0.6) is 0 Å². The smallest absolute Gasteiger partial charge is 0.0898 e. The van der Waals surface area contributed by atoms with Crippen LogP contribution in [-0.2, 0) is 11.8 Å². The lowest BCUT2D eigenvalue weighted by Gasteiger charge is -2.32. The van der Waals surface area contributed by atoms with Gasteiger partial charge in [-0.25, -0.2) is 0 Å². The van der Waals surface area contributed by atoms with Crippen LogP contribution in [0.4, 0.5) is 0 Å². The Morgan fingerprint density at radius 2 is 2.28 bits per heavy atom. The van der Waals surface area contributed by atoms with Gasteiger partial charge in [0.2, 0.25) is 0 Å². The summed E-state index contributed by atoms with van der Waals surface area (Å²) in [5.74, 6) is 0.599. The molecule has 1 aliphatic carbocycles. The minimum Gasteiger partial charge on any atom is -0.373 e. The lowest BCUT2D eigenvalue weighted by molar-refractivity contribution is -0.0282. The minimum absolute atomic E-state index is 0.235. The fourth-order valence-corrected chi connectivity index (χ4v) is 2.90. The third-order valence-corrected chi connectivity index (χ3v) is 4.05. The summed E-state index contributed by atoms with van der Waals surface area (Å²) in [6.07, 6.45) is 7.51. The van der Waals surface area contributed by atoms with Crippen molar-refractivity contribution in [3.8, 4) is 0 Å². The summed E-state index contributed by atoms with van der Waals surface area (Å²) >= 11 is 0. The molecule has 2 aliphatic rings. The van der Waals surface area contributed by atoms with Gasteiger partial charge in [-0.05, 0) is 32.6 Å². The van der Waals surface area contributed by atoms with Gasteiger partial charge in [0.1, 0.15) is 0 Å². The second kappa shape index (κ2) is 5.02. The number of nitrogens with one attached hydrogen (secondary N) is 1. The van der Waals surface area contributed by atoms with E-state index in [2.05, 4.69) is 23.5 Å². The molecule has 1 saturated carbocycles. The Labute approximate surface area is 109 Å². The van der Waals surface area contributed by atoms with Crippen molar-refractivity contribution in [1.82, 2.24) is 15.1 Å². The van der Waals surface area contributed by atoms with Crippen molar-refractivity contribution < 1.29 is 4.74 Å². The maximum absolute atomic E-state index is 6.03. The molecule has 0 aromatic carbocycles. The van der Waals surface area contributed by atoms with Gasteiger partial charge in [0.15, 0.2) is 0 Å². The molecule has 2 unspecified atom stereocenters. The van der Waals surface area contributed by atoms with Crippen LogP contribution >= 0.6 is 0 Å². The molecule has 1 saturated heterocycles. The standard InChI is InChI=1S/C14H23N3O/c1-10-13(9-17(2)16-10)14-11(4-3-7-18-14)8-15-12-5-6-12/h9,11-12,14-15H,3-8H2,1-2H3. The summed E-state index contributed by atoms with van der Waals surface area (Å²) in [6, 6.07) is 0.780. The van der Waals surface area contributed by atoms with E-state index in [1.807, 2.05) is 11.7 Å². The number of nitrogens with zero attached hydrogens (tertiary/aromatic N) is 2. The van der Waals surface area contributed by atoms with Gasteiger partial charge in [0, 0.05) is 43.9 Å². The van der Waals surface area contributed by atoms with Crippen LogP contribution in [-0.4, -0.2) is 29.0 Å². The van der Waals surface area contributed by atoms with Crippen molar-refractivity contribution in [3.63, 3.8) is 0 Å². The Hall–Kier alpha value is -0.870. The minimum atomic E-state index is 0.235. The molecule has 0 spiro atoms. The molecule has 0 amide bonds. The lowest BCUT2D eigenvalue weighted by Crippen LogP contribution is -2.33. The highest BCUT2D eigenvalue weighted by atomic mass is 16.5. The number of hydrogen-bond donors (Lipinski definition) is 1. The van der Waals surface area contributed by atoms with Crippen molar-refractivity contribution in [2.45, 2.75) is 44.8 Å². The van der Waals surface area contributed by atoms with Gasteiger partial charge >= 0.3 is 0 Å². The van der Waals surface area contributed by atoms with Gasteiger partial charge in [-0.1, -0.05) is 0 Å². The van der Waals surface area contributed by atoms with Crippen LogP contribution in [0, 0.1) is 12.8 Å². The zero-order valence-corrected chi connectivity index (χ0v) is 11.4. The summed E-state index contributed by atoms with van der Waals surface area (Å²) in [7, 11) is 1.98. The van der Waals surface area contributed by atoms with Crippen LogP contribution in [0.1, 0.15) is 43.0 Å². The molecule has 2 heterocycles. The molecule has 4 heteroatoms. The molecule has 4 nitrogen and oxygen atoms in total. The predicted molar refractivity (Wildman–Crippen MR) is 70.4 cm³/mol. The van der Waals surface area contributed by atoms with E-state index in [-0.39, 0.29) is 6.10 Å². The van der Waals surface area contributed by atoms with Crippen LogP contribution in [0.25, 0.3) is 0 Å². The van der Waals surface area contributed by atoms with Gasteiger partial charge in [0.25, 0.3) is 0 Å². The molecule has 2 fully saturated rings. The zero-order valence-electron chi connectivity index (χ0n) is 11.4. The van der Waals surface area contributed by atoms with E-state index in [4.69, 9.17) is 4.74 Å². The number of hydrogen-bond acceptors (Lipinski definition) is 3. The van der Waals surface area contributed by atoms with Crippen LogP contribution < -0.4 is 5.32 Å². The first-order chi connectivity index (χ1) is 8.74. The number of ether oxygens (including phenoxy) is 1. The SMILES string of the molecule is Cc1nn(C)cc1C1OCCCC1CNC1CC1. The summed E-state index contributed by atoms with van der Waals surface area (Å²) in [5.41, 5.74) is 2.39. The molecule has 1 N–H and O–H groups in total. The van der Waals surface area contributed by atoms with E-state index < -0.39 is 0 Å². The average molecular weight is 249 g/mol. The van der Waals surface area contributed by atoms with Crippen LogP contribution in [0.15, 0.2) is 6.20 Å². The van der Waals surface area contributed by atoms with Gasteiger partial charge in [-0.2, -0.15) is 5.10 Å². The van der Waals surface area contributed by atoms with E-state index in [0.717, 1.165) is 24.9 Å². The largest absolute Gasteiger partial charge is 0.373 e. The molecular weight excluding hydrogens is 226 g/mol. The molecule has 1 aromatic rings. The molecule has 1 aliphatic heterocycles. The van der Waals surface area contributed by atoms with E-state index >= 15 is 0 Å². The second-order valence-electron chi connectivity index (χ2n) is 5.72. The molecule has 0 bridgehead atoms. The van der Waals surface area contributed by atoms with Crippen molar-refractivity contribution >= 4 is 0 Å². The topological polar surface area (TPSA) is 39.1 Å². The Bertz CT molecular complexity index is 411. The Kier molecular flexibility index (Phi) is 3.39. The van der Waals surface area contributed by atoms with Gasteiger partial charge in [-0.15, -0.1) is 0 Å². The number of aromatic nitrogens is 2. The summed E-state index contributed by atoms with van der Waals surface area (Å²) in [4.78, 5) is 0. The third-order valence-electron chi connectivity index (χ3n) is 4.05. The third kappa shape index (κ3) is 2.59. The number of aryl methyl sites for hydroxylation is 2. The van der Waals surface area contributed by atoms with E-state index in [1.165, 1.54) is 31.2 Å². The highest BCUT2D eigenvalue weighted by Crippen LogP contribution is 2.35. The zero-order chi connectivity index (χ0) is 12.5. The first kappa shape index (κ1) is 12.2. The summed E-state index contributed by atoms with van der Waals surface area (Å²) in [5, 5.41) is 8.09. The number of rotatable bonds is 4. The van der Waals surface area contributed by atoms with Crippen molar-refractivity contribution in [1.29, 1.82) is 0 Å². The highest BCUT2D eigenvalue weighted by Gasteiger charge is 2.31. The molecule has 18 heavy (non-hydrogen) atoms. The Morgan fingerprint density at radius 3 is 2.94 bits per heavy atom. The molecular formula is C14H23N3O. The predicted octanol–water partition coefficient (Wildman–Crippen LogP) is 1.95. The van der Waals surface area contributed by atoms with Crippen LogP contribution in [0.3, 0.4) is 0 Å². The first-order valence-corrected chi connectivity index (χ1v) is 7.09. The monoisotopic (exact) mass is 249 g/mol. The molecule has 3 rings (SSSR count). The highest BCUT2D eigenvalue weighted by molar-refractivity contribution is 5.20. The fraction of sp³-hybridized carbons (Fsp3) is 0.786. The fourth-order valence-electron chi connectivity index (χ4n) is 2.90. The maximum Gasteiger partial charge on any atom is 0.0898 e. The van der Waals surface area contributed by atoms with E-state index in [1.54, 1.807) is 0 Å². The van der Waals surface area contributed by atoms with Gasteiger partial charge < -0.3 is 10.1 Å². The van der Waals surface area contributed by atoms with Crippen LogP contribution in [0.2, 0.25) is 0 Å². The normalized spacial score (nSPS) is 28.6. The van der Waals surface area contributed by atoms with E-state index in [0.29, 0.717) is 5.92 Å². The summed E-state index contributed by atoms with van der Waals surface area (Å²) in [6.45, 7) is 4.06. The van der Waals surface area contributed by atoms with Gasteiger partial charge in [-0.3, -0.25) is 4.68 Å². The Balaban J connectivity index is 1.71. The molecule has 1 aromatic heterocycles.